The molecule has 0 bridgehead atoms. The highest BCUT2D eigenvalue weighted by Gasteiger charge is 2.27. The molecule has 0 aliphatic carbocycles. The van der Waals surface area contributed by atoms with Gasteiger partial charge in [-0.05, 0) is 36.4 Å². The summed E-state index contributed by atoms with van der Waals surface area (Å²) in [6, 6.07) is 14.0. The number of ketones is 1. The van der Waals surface area contributed by atoms with E-state index in [4.69, 9.17) is 23.2 Å². The number of benzene rings is 2. The van der Waals surface area contributed by atoms with Crippen LogP contribution in [0.5, 0.6) is 0 Å². The number of rotatable bonds is 6. The van der Waals surface area contributed by atoms with Crippen molar-refractivity contribution < 1.29 is 14.6 Å². The van der Waals surface area contributed by atoms with Crippen LogP contribution in [0.4, 0.5) is 11.4 Å². The molecule has 0 amide bonds. The molecular formula is C23H12Cl2N4O5. The quantitative estimate of drug-likeness (QED) is 0.178. The van der Waals surface area contributed by atoms with E-state index in [-0.39, 0.29) is 55.1 Å². The van der Waals surface area contributed by atoms with Crippen molar-refractivity contribution in [1.29, 1.82) is 0 Å². The van der Waals surface area contributed by atoms with Crippen LogP contribution in [0, 0.1) is 20.2 Å². The molecule has 9 nitrogen and oxygen atoms in total. The molecule has 0 spiro atoms. The topological polar surface area (TPSA) is 129 Å². The SMILES string of the molecule is O=C(c1ncccc1-c1cc(Cl)ccc1[N+](=O)[O-])c1ncccc1-c1cc(Cl)ccc1[N+](=O)[O-]. The van der Waals surface area contributed by atoms with Gasteiger partial charge in [-0.2, -0.15) is 0 Å². The summed E-state index contributed by atoms with van der Waals surface area (Å²) < 4.78 is 0. The molecule has 0 unspecified atom stereocenters. The second kappa shape index (κ2) is 9.34. The van der Waals surface area contributed by atoms with Crippen LogP contribution in [0.25, 0.3) is 22.3 Å². The second-order valence-electron chi connectivity index (χ2n) is 6.97. The van der Waals surface area contributed by atoms with Gasteiger partial charge in [-0.15, -0.1) is 0 Å². The van der Waals surface area contributed by atoms with Gasteiger partial charge in [-0.25, -0.2) is 0 Å². The lowest BCUT2D eigenvalue weighted by Crippen LogP contribution is -2.11. The molecule has 4 rings (SSSR count). The van der Waals surface area contributed by atoms with E-state index < -0.39 is 15.6 Å². The van der Waals surface area contributed by atoms with Crippen molar-refractivity contribution in [2.75, 3.05) is 0 Å². The van der Waals surface area contributed by atoms with Gasteiger partial charge in [0.05, 0.1) is 21.0 Å². The van der Waals surface area contributed by atoms with Crippen molar-refractivity contribution in [2.45, 2.75) is 0 Å². The zero-order chi connectivity index (χ0) is 24.4. The summed E-state index contributed by atoms with van der Waals surface area (Å²) in [7, 11) is 0. The van der Waals surface area contributed by atoms with Crippen LogP contribution in [-0.4, -0.2) is 25.6 Å². The van der Waals surface area contributed by atoms with Crippen LogP contribution in [0.3, 0.4) is 0 Å². The highest BCUT2D eigenvalue weighted by Crippen LogP contribution is 2.37. The van der Waals surface area contributed by atoms with Crippen molar-refractivity contribution in [2.24, 2.45) is 0 Å². The minimum Gasteiger partial charge on any atom is -0.285 e. The predicted molar refractivity (Wildman–Crippen MR) is 126 cm³/mol. The Kier molecular flexibility index (Phi) is 6.31. The highest BCUT2D eigenvalue weighted by atomic mass is 35.5. The fourth-order valence-electron chi connectivity index (χ4n) is 3.49. The maximum atomic E-state index is 13.6. The summed E-state index contributed by atoms with van der Waals surface area (Å²) >= 11 is 12.1. The molecule has 2 aromatic carbocycles. The molecule has 4 aromatic rings. The first kappa shape index (κ1) is 23.0. The van der Waals surface area contributed by atoms with Gasteiger partial charge in [0.15, 0.2) is 0 Å². The Labute approximate surface area is 201 Å². The lowest BCUT2D eigenvalue weighted by atomic mass is 9.95. The number of pyridine rings is 2. The van der Waals surface area contributed by atoms with Gasteiger partial charge in [-0.1, -0.05) is 35.3 Å². The summed E-state index contributed by atoms with van der Waals surface area (Å²) in [5.74, 6) is -0.685. The maximum Gasteiger partial charge on any atom is 0.277 e. The smallest absolute Gasteiger partial charge is 0.277 e. The summed E-state index contributed by atoms with van der Waals surface area (Å²) in [5, 5.41) is 23.7. The van der Waals surface area contributed by atoms with Crippen LogP contribution in [0.1, 0.15) is 16.2 Å². The van der Waals surface area contributed by atoms with Crippen LogP contribution >= 0.6 is 23.2 Å². The second-order valence-corrected chi connectivity index (χ2v) is 7.84. The molecule has 2 heterocycles. The van der Waals surface area contributed by atoms with Gasteiger partial charge in [0.2, 0.25) is 5.78 Å². The van der Waals surface area contributed by atoms with Crippen LogP contribution < -0.4 is 0 Å². The third-order valence-electron chi connectivity index (χ3n) is 4.94. The number of nitrogens with zero attached hydrogens (tertiary/aromatic N) is 4. The lowest BCUT2D eigenvalue weighted by molar-refractivity contribution is -0.384. The van der Waals surface area contributed by atoms with E-state index in [1.165, 1.54) is 73.1 Å². The molecule has 0 aliphatic heterocycles. The molecular weight excluding hydrogens is 483 g/mol. The Morgan fingerprint density at radius 2 is 1.09 bits per heavy atom. The minimum absolute atomic E-state index is 0.0974. The van der Waals surface area contributed by atoms with Crippen molar-refractivity contribution in [1.82, 2.24) is 9.97 Å². The Morgan fingerprint density at radius 1 is 0.676 bits per heavy atom. The predicted octanol–water partition coefficient (Wildman–Crippen LogP) is 6.16. The van der Waals surface area contributed by atoms with Gasteiger partial charge < -0.3 is 0 Å². The van der Waals surface area contributed by atoms with E-state index in [0.29, 0.717) is 0 Å². The number of hydrogen-bond acceptors (Lipinski definition) is 7. The molecule has 0 N–H and O–H groups in total. The number of halogens is 2. The van der Waals surface area contributed by atoms with Crippen LogP contribution in [-0.2, 0) is 0 Å². The number of nitro groups is 2. The van der Waals surface area contributed by atoms with Crippen molar-refractivity contribution >= 4 is 40.4 Å². The van der Waals surface area contributed by atoms with Gasteiger partial charge >= 0.3 is 0 Å². The van der Waals surface area contributed by atoms with Gasteiger partial charge in [0.1, 0.15) is 11.4 Å². The molecule has 0 fully saturated rings. The first-order valence-corrected chi connectivity index (χ1v) is 10.4. The molecule has 2 aromatic heterocycles. The number of hydrogen-bond donors (Lipinski definition) is 0. The molecule has 168 valence electrons. The molecule has 11 heteroatoms. The third kappa shape index (κ3) is 4.34. The van der Waals surface area contributed by atoms with Crippen molar-refractivity contribution in [3.8, 4) is 22.3 Å². The average Bonchev–Trinajstić information content (AvgIpc) is 2.83. The van der Waals surface area contributed by atoms with E-state index in [9.17, 15) is 25.0 Å². The number of carbonyl (C=O) groups is 1. The normalized spacial score (nSPS) is 10.6. The van der Waals surface area contributed by atoms with Gasteiger partial charge in [0.25, 0.3) is 11.4 Å². The van der Waals surface area contributed by atoms with Crippen LogP contribution in [0.15, 0.2) is 73.1 Å². The molecule has 0 atom stereocenters. The van der Waals surface area contributed by atoms with E-state index in [0.717, 1.165) is 0 Å². The van der Waals surface area contributed by atoms with Crippen LogP contribution in [0.2, 0.25) is 10.0 Å². The zero-order valence-electron chi connectivity index (χ0n) is 17.0. The van der Waals surface area contributed by atoms with E-state index in [1.807, 2.05) is 0 Å². The first-order valence-electron chi connectivity index (χ1n) is 9.61. The molecule has 0 saturated heterocycles. The summed E-state index contributed by atoms with van der Waals surface area (Å²) in [6.07, 6.45) is 2.72. The monoisotopic (exact) mass is 494 g/mol. The largest absolute Gasteiger partial charge is 0.285 e. The van der Waals surface area contributed by atoms with Crippen molar-refractivity contribution in [3.63, 3.8) is 0 Å². The van der Waals surface area contributed by atoms with E-state index in [2.05, 4.69) is 9.97 Å². The fraction of sp³-hybridized carbons (Fsp3) is 0. The molecule has 34 heavy (non-hydrogen) atoms. The molecule has 0 radical (unpaired) electrons. The Bertz CT molecular complexity index is 1370. The molecule has 0 aliphatic rings. The van der Waals surface area contributed by atoms with Crippen molar-refractivity contribution in [3.05, 3.63) is 115 Å². The van der Waals surface area contributed by atoms with Gasteiger partial charge in [0, 0.05) is 45.7 Å². The average molecular weight is 495 g/mol. The zero-order valence-corrected chi connectivity index (χ0v) is 18.5. The number of aromatic nitrogens is 2. The van der Waals surface area contributed by atoms with Gasteiger partial charge in [-0.3, -0.25) is 35.0 Å². The third-order valence-corrected chi connectivity index (χ3v) is 5.41. The first-order chi connectivity index (χ1) is 16.3. The molecule has 0 saturated carbocycles. The maximum absolute atomic E-state index is 13.6. The Hall–Kier alpha value is -4.21. The number of nitro benzene ring substituents is 2. The summed E-state index contributed by atoms with van der Waals surface area (Å²) in [5.41, 5.74) is -0.260. The standard InChI is InChI=1S/C23H12Cl2N4O5/c24-13-5-7-19(28(31)32)17(11-13)15-3-1-9-26-21(15)23(30)22-16(4-2-10-27-22)18-12-14(25)6-8-20(18)29(33)34/h1-12H. The lowest BCUT2D eigenvalue weighted by Gasteiger charge is -2.12. The summed E-state index contributed by atoms with van der Waals surface area (Å²) in [6.45, 7) is 0. The number of carbonyl (C=O) groups excluding carboxylic acids is 1. The van der Waals surface area contributed by atoms with E-state index in [1.54, 1.807) is 0 Å². The Balaban J connectivity index is 1.93. The highest BCUT2D eigenvalue weighted by molar-refractivity contribution is 6.31. The minimum atomic E-state index is -0.685. The Morgan fingerprint density at radius 3 is 1.47 bits per heavy atom. The fourth-order valence-corrected chi connectivity index (χ4v) is 3.83. The summed E-state index contributed by atoms with van der Waals surface area (Å²) in [4.78, 5) is 44.0. The van der Waals surface area contributed by atoms with E-state index >= 15 is 0 Å².